The van der Waals surface area contributed by atoms with Gasteiger partial charge in [0, 0.05) is 37.1 Å². The number of rotatable bonds is 5. The number of aryl methyl sites for hydroxylation is 2. The summed E-state index contributed by atoms with van der Waals surface area (Å²) in [5.41, 5.74) is 4.22. The number of fused-ring (bicyclic) bond motifs is 6. The summed E-state index contributed by atoms with van der Waals surface area (Å²) in [7, 11) is -3.69. The first kappa shape index (κ1) is 29.3. The number of benzene rings is 2. The highest BCUT2D eigenvalue weighted by atomic mass is 35.5. The van der Waals surface area contributed by atoms with Gasteiger partial charge in [-0.3, -0.25) is 9.78 Å². The molecule has 2 aromatic heterocycles. The number of hydrogen-bond acceptors (Lipinski definition) is 8. The summed E-state index contributed by atoms with van der Waals surface area (Å²) in [5.74, 6) is 0.803. The van der Waals surface area contributed by atoms with Gasteiger partial charge in [0.05, 0.1) is 23.1 Å². The summed E-state index contributed by atoms with van der Waals surface area (Å²) in [5, 5.41) is 10.1. The third-order valence-electron chi connectivity index (χ3n) is 7.62. The molecule has 4 aromatic rings. The quantitative estimate of drug-likeness (QED) is 0.236. The van der Waals surface area contributed by atoms with E-state index in [1.54, 1.807) is 24.4 Å². The van der Waals surface area contributed by atoms with Gasteiger partial charge in [0.2, 0.25) is 21.9 Å². The number of pyridine rings is 1. The zero-order valence-corrected chi connectivity index (χ0v) is 25.4. The second-order valence-corrected chi connectivity index (χ2v) is 13.3. The minimum absolute atomic E-state index is 0.0686. The summed E-state index contributed by atoms with van der Waals surface area (Å²) >= 11 is 12.5. The van der Waals surface area contributed by atoms with E-state index in [1.807, 2.05) is 30.5 Å². The van der Waals surface area contributed by atoms with E-state index in [-0.39, 0.29) is 21.7 Å². The van der Waals surface area contributed by atoms with Gasteiger partial charge in [0.15, 0.2) is 5.82 Å². The molecule has 1 saturated heterocycles. The van der Waals surface area contributed by atoms with E-state index in [4.69, 9.17) is 23.2 Å². The maximum atomic E-state index is 13.2. The van der Waals surface area contributed by atoms with E-state index in [1.165, 1.54) is 16.6 Å². The number of amides is 1. The van der Waals surface area contributed by atoms with E-state index in [9.17, 15) is 13.2 Å². The lowest BCUT2D eigenvalue weighted by Gasteiger charge is -2.31. The molecule has 0 atom stereocenters. The summed E-state index contributed by atoms with van der Waals surface area (Å²) in [4.78, 5) is 26.4. The molecule has 4 heterocycles. The van der Waals surface area contributed by atoms with Crippen LogP contribution in [-0.2, 0) is 27.7 Å². The molecule has 3 N–H and O–H groups in total. The number of carbonyl (C=O) groups is 1. The minimum Gasteiger partial charge on any atom is -0.339 e. The Morgan fingerprint density at radius 3 is 2.58 bits per heavy atom. The van der Waals surface area contributed by atoms with Gasteiger partial charge in [-0.1, -0.05) is 35.3 Å². The van der Waals surface area contributed by atoms with Crippen LogP contribution in [0.4, 0.5) is 28.8 Å². The van der Waals surface area contributed by atoms with E-state index < -0.39 is 10.0 Å². The highest BCUT2D eigenvalue weighted by molar-refractivity contribution is 7.89. The predicted molar refractivity (Wildman–Crippen MR) is 168 cm³/mol. The van der Waals surface area contributed by atoms with Crippen molar-refractivity contribution in [3.8, 4) is 0 Å². The highest BCUT2D eigenvalue weighted by Gasteiger charge is 2.31. The maximum Gasteiger partial charge on any atom is 0.244 e. The van der Waals surface area contributed by atoms with Crippen molar-refractivity contribution >= 4 is 68.0 Å². The van der Waals surface area contributed by atoms with Crippen LogP contribution in [0.2, 0.25) is 10.0 Å². The van der Waals surface area contributed by atoms with E-state index in [2.05, 4.69) is 30.9 Å². The van der Waals surface area contributed by atoms with Gasteiger partial charge >= 0.3 is 0 Å². The smallest absolute Gasteiger partial charge is 0.244 e. The molecular formula is C30H29Cl2N7O3S. The molecule has 10 nitrogen and oxygen atoms in total. The number of sulfonamides is 1. The molecule has 0 unspecified atom stereocenters. The Balaban J connectivity index is 1.15. The highest BCUT2D eigenvalue weighted by Crippen LogP contribution is 2.31. The second kappa shape index (κ2) is 12.5. The topological polar surface area (TPSA) is 129 Å². The van der Waals surface area contributed by atoms with Gasteiger partial charge in [0.1, 0.15) is 9.92 Å². The minimum atomic E-state index is -3.69. The van der Waals surface area contributed by atoms with Crippen LogP contribution in [0, 0.1) is 5.92 Å². The number of hydrogen-bond donors (Lipinski definition) is 3. The third-order valence-corrected chi connectivity index (χ3v) is 10.3. The standard InChI is InChI=1S/C30H29Cl2N7O3S/c31-24-3-1-2-4-27(24)43(41,42)39-11-9-19(10-12-39)14-28(40)37-26-8-7-22-15-21(26)6-5-20-13-23(17-33-16-20)36-30-34-18-25(32)29(35-22)38-30/h1-4,7-8,13,15-19H,5-6,9-12,14H2,(H,37,40)(H2,34,35,36,38). The van der Waals surface area contributed by atoms with Gasteiger partial charge < -0.3 is 16.0 Å². The Hall–Kier alpha value is -3.77. The van der Waals surface area contributed by atoms with Crippen LogP contribution >= 0.6 is 23.2 Å². The Morgan fingerprint density at radius 2 is 1.77 bits per heavy atom. The van der Waals surface area contributed by atoms with Gasteiger partial charge in [0.25, 0.3) is 0 Å². The van der Waals surface area contributed by atoms with Crippen LogP contribution in [0.5, 0.6) is 0 Å². The Kier molecular flexibility index (Phi) is 8.49. The van der Waals surface area contributed by atoms with Crippen molar-refractivity contribution in [2.24, 2.45) is 5.92 Å². The molecule has 0 spiro atoms. The van der Waals surface area contributed by atoms with E-state index >= 15 is 0 Å². The van der Waals surface area contributed by atoms with Crippen molar-refractivity contribution in [1.29, 1.82) is 0 Å². The molecule has 43 heavy (non-hydrogen) atoms. The van der Waals surface area contributed by atoms with Gasteiger partial charge in [-0.15, -0.1) is 0 Å². The van der Waals surface area contributed by atoms with Crippen molar-refractivity contribution in [1.82, 2.24) is 19.3 Å². The number of aromatic nitrogens is 3. The lowest BCUT2D eigenvalue weighted by molar-refractivity contribution is -0.117. The van der Waals surface area contributed by atoms with Crippen LogP contribution in [0.1, 0.15) is 30.4 Å². The fraction of sp³-hybridized carbons (Fsp3) is 0.267. The largest absolute Gasteiger partial charge is 0.339 e. The fourth-order valence-electron chi connectivity index (χ4n) is 5.36. The average molecular weight is 639 g/mol. The van der Waals surface area contributed by atoms with E-state index in [0.29, 0.717) is 62.0 Å². The van der Waals surface area contributed by atoms with Gasteiger partial charge in [-0.25, -0.2) is 13.4 Å². The zero-order chi connectivity index (χ0) is 30.0. The van der Waals surface area contributed by atoms with Gasteiger partial charge in [-0.2, -0.15) is 9.29 Å². The van der Waals surface area contributed by atoms with Crippen LogP contribution in [0.3, 0.4) is 0 Å². The van der Waals surface area contributed by atoms with Crippen molar-refractivity contribution in [2.45, 2.75) is 37.0 Å². The monoisotopic (exact) mass is 637 g/mol. The van der Waals surface area contributed by atoms with Crippen LogP contribution in [0.25, 0.3) is 0 Å². The molecule has 6 bridgehead atoms. The molecule has 222 valence electrons. The number of nitrogens with one attached hydrogen (secondary N) is 3. The Labute approximate surface area is 259 Å². The zero-order valence-electron chi connectivity index (χ0n) is 23.1. The molecule has 6 rings (SSSR count). The number of piperidine rings is 1. The normalized spacial score (nSPS) is 15.7. The van der Waals surface area contributed by atoms with Crippen LogP contribution in [0.15, 0.2) is 72.0 Å². The van der Waals surface area contributed by atoms with Crippen molar-refractivity contribution in [2.75, 3.05) is 29.0 Å². The van der Waals surface area contributed by atoms with Crippen molar-refractivity contribution in [3.63, 3.8) is 0 Å². The van der Waals surface area contributed by atoms with Crippen molar-refractivity contribution in [3.05, 3.63) is 88.3 Å². The fourth-order valence-corrected chi connectivity index (χ4v) is 7.46. The summed E-state index contributed by atoms with van der Waals surface area (Å²) < 4.78 is 27.7. The molecule has 1 amide bonds. The number of nitrogens with zero attached hydrogens (tertiary/aromatic N) is 4. The molecule has 13 heteroatoms. The third kappa shape index (κ3) is 6.75. The summed E-state index contributed by atoms with van der Waals surface area (Å²) in [6.45, 7) is 0.679. The number of halogens is 2. The first-order chi connectivity index (χ1) is 20.7. The molecule has 2 aliphatic rings. The molecule has 0 aliphatic carbocycles. The summed E-state index contributed by atoms with van der Waals surface area (Å²) in [6, 6.07) is 14.2. The maximum absolute atomic E-state index is 13.2. The average Bonchev–Trinajstić information content (AvgIpc) is 2.99. The molecular weight excluding hydrogens is 609 g/mol. The van der Waals surface area contributed by atoms with Crippen molar-refractivity contribution < 1.29 is 13.2 Å². The number of anilines is 5. The molecule has 2 aliphatic heterocycles. The van der Waals surface area contributed by atoms with Gasteiger partial charge in [-0.05, 0) is 79.1 Å². The molecule has 0 saturated carbocycles. The summed E-state index contributed by atoms with van der Waals surface area (Å²) in [6.07, 6.45) is 7.89. The Morgan fingerprint density at radius 1 is 0.953 bits per heavy atom. The molecule has 0 radical (unpaired) electrons. The second-order valence-electron chi connectivity index (χ2n) is 10.6. The lowest BCUT2D eigenvalue weighted by Crippen LogP contribution is -2.39. The molecule has 1 fully saturated rings. The molecule has 2 aromatic carbocycles. The lowest BCUT2D eigenvalue weighted by atomic mass is 9.94. The first-order valence-electron chi connectivity index (χ1n) is 13.9. The number of carbonyl (C=O) groups excluding carboxylic acids is 1. The predicted octanol–water partition coefficient (Wildman–Crippen LogP) is 6.19. The van der Waals surface area contributed by atoms with E-state index in [0.717, 1.165) is 28.2 Å². The first-order valence-corrected chi connectivity index (χ1v) is 16.1. The SMILES string of the molecule is O=C(CC1CCN(S(=O)(=O)c2ccccc2Cl)CC1)Nc1ccc2cc1CCc1cncc(c1)Nc1ncc(Cl)c(n1)N2. The Bertz CT molecular complexity index is 1780. The van der Waals surface area contributed by atoms with Crippen LogP contribution in [-0.4, -0.2) is 46.7 Å². The van der Waals surface area contributed by atoms with Crippen LogP contribution < -0.4 is 16.0 Å².